The van der Waals surface area contributed by atoms with Gasteiger partial charge in [-0.15, -0.1) is 0 Å². The Bertz CT molecular complexity index is 683. The van der Waals surface area contributed by atoms with E-state index in [1.54, 1.807) is 12.1 Å². The van der Waals surface area contributed by atoms with Crippen LogP contribution in [0.1, 0.15) is 40.1 Å². The Morgan fingerprint density at radius 1 is 1.20 bits per heavy atom. The number of Topliss-reactive ketones (excluding diaryl/α,β-unsaturated/α-hetero) is 1. The van der Waals surface area contributed by atoms with Crippen molar-refractivity contribution in [3.05, 3.63) is 46.7 Å². The average Bonchev–Trinajstić information content (AvgIpc) is 2.33. The molecule has 0 spiro atoms. The third kappa shape index (κ3) is 2.24. The first-order valence-corrected chi connectivity index (χ1v) is 5.92. The number of hydrogen-bond acceptors (Lipinski definition) is 4. The molecule has 0 atom stereocenters. The maximum atomic E-state index is 12.0. The van der Waals surface area contributed by atoms with E-state index >= 15 is 0 Å². The van der Waals surface area contributed by atoms with E-state index in [0.29, 0.717) is 11.3 Å². The minimum atomic E-state index is -0.765. The van der Waals surface area contributed by atoms with Gasteiger partial charge in [0.25, 0.3) is 0 Å². The number of carbonyl (C=O) groups is 2. The maximum Gasteiger partial charge on any atom is 1.00 e. The van der Waals surface area contributed by atoms with Crippen molar-refractivity contribution >= 4 is 17.6 Å². The van der Waals surface area contributed by atoms with Gasteiger partial charge in [-0.05, 0) is 38.1 Å². The summed E-state index contributed by atoms with van der Waals surface area (Å²) in [4.78, 5) is 23.7. The third-order valence-electron chi connectivity index (χ3n) is 3.21. The summed E-state index contributed by atoms with van der Waals surface area (Å²) in [5.74, 6) is -1.30. The predicted octanol–water partition coefficient (Wildman–Crippen LogP) is -1.50. The molecule has 0 fully saturated rings. The van der Waals surface area contributed by atoms with Crippen LogP contribution in [0.25, 0.3) is 6.08 Å². The first-order chi connectivity index (χ1) is 8.89. The Morgan fingerprint density at radius 2 is 1.90 bits per heavy atom. The zero-order chi connectivity index (χ0) is 13.8. The average molecular weight is 278 g/mol. The largest absolute Gasteiger partial charge is 1.00 e. The molecule has 0 amide bonds. The Morgan fingerprint density at radius 3 is 2.60 bits per heavy atom. The molecule has 1 heterocycles. The van der Waals surface area contributed by atoms with E-state index in [1.165, 1.54) is 6.07 Å². The minimum absolute atomic E-state index is 0. The summed E-state index contributed by atoms with van der Waals surface area (Å²) in [6.07, 6.45) is 4.44. The van der Waals surface area contributed by atoms with Crippen molar-refractivity contribution in [2.24, 2.45) is 0 Å². The third-order valence-corrected chi connectivity index (χ3v) is 3.21. The zero-order valence-corrected chi connectivity index (χ0v) is 13.5. The van der Waals surface area contributed by atoms with Gasteiger partial charge in [-0.1, -0.05) is 11.8 Å². The molecular formula is C15H11NaO4. The topological polar surface area (TPSA) is 66.4 Å². The van der Waals surface area contributed by atoms with Gasteiger partial charge < -0.3 is 9.84 Å². The molecule has 0 saturated carbocycles. The first-order valence-electron chi connectivity index (χ1n) is 5.92. The summed E-state index contributed by atoms with van der Waals surface area (Å²) >= 11 is 0. The summed E-state index contributed by atoms with van der Waals surface area (Å²) in [5.41, 5.74) is 0.527. The van der Waals surface area contributed by atoms with E-state index in [2.05, 4.69) is 0 Å². The summed E-state index contributed by atoms with van der Waals surface area (Å²) in [6, 6.07) is 3.11. The van der Waals surface area contributed by atoms with Gasteiger partial charge in [-0.3, -0.25) is 9.59 Å². The number of ketones is 2. The van der Waals surface area contributed by atoms with Gasteiger partial charge in [-0.25, -0.2) is 0 Å². The van der Waals surface area contributed by atoms with Gasteiger partial charge in [0.05, 0.1) is 0 Å². The van der Waals surface area contributed by atoms with Crippen molar-refractivity contribution in [1.29, 1.82) is 0 Å². The van der Waals surface area contributed by atoms with E-state index in [4.69, 9.17) is 4.74 Å². The molecule has 0 saturated heterocycles. The van der Waals surface area contributed by atoms with Crippen molar-refractivity contribution in [1.82, 2.24) is 0 Å². The quantitative estimate of drug-likeness (QED) is 0.542. The van der Waals surface area contributed by atoms with Crippen LogP contribution in [0, 0.1) is 0 Å². The van der Waals surface area contributed by atoms with Gasteiger partial charge in [0.15, 0.2) is 11.6 Å². The Hall–Kier alpha value is -1.36. The normalized spacial score (nSPS) is 18.4. The fraction of sp³-hybridized carbons (Fsp3) is 0.200. The van der Waals surface area contributed by atoms with Crippen molar-refractivity contribution < 1.29 is 49.0 Å². The smallest absolute Gasteiger partial charge is 0.870 e. The van der Waals surface area contributed by atoms with E-state index in [1.807, 2.05) is 19.9 Å². The van der Waals surface area contributed by atoms with Crippen LogP contribution in [-0.2, 0) is 0 Å². The number of allylic oxidation sites excluding steroid dienone is 2. The Labute approximate surface area is 138 Å². The number of carbonyl (C=O) groups excluding carboxylic acids is 2. The molecule has 0 N–H and O–H groups in total. The fourth-order valence-electron chi connectivity index (χ4n) is 2.30. The Balaban J connectivity index is 0.00000147. The molecule has 1 aliphatic carbocycles. The molecule has 0 unspecified atom stereocenters. The molecule has 1 aliphatic heterocycles. The van der Waals surface area contributed by atoms with Gasteiger partial charge in [0.2, 0.25) is 0 Å². The van der Waals surface area contributed by atoms with E-state index in [0.717, 1.165) is 6.08 Å². The molecule has 0 bridgehead atoms. The van der Waals surface area contributed by atoms with Crippen molar-refractivity contribution in [2.45, 2.75) is 19.4 Å². The molecule has 1 aromatic carbocycles. The molecule has 96 valence electrons. The standard InChI is InChI=1S/C15H12O4.Na/c1-15(2)6-5-8-12(19-15)4-3-9-13(8)10(16)7-11(17)14(9)18;/h3-7,17H,1-2H3;/q;+1/p-1. The molecule has 5 heteroatoms. The van der Waals surface area contributed by atoms with Crippen LogP contribution in [0.15, 0.2) is 30.0 Å². The van der Waals surface area contributed by atoms with Gasteiger partial charge in [0.1, 0.15) is 11.4 Å². The van der Waals surface area contributed by atoms with Gasteiger partial charge in [-0.2, -0.15) is 0 Å². The van der Waals surface area contributed by atoms with E-state index < -0.39 is 22.9 Å². The van der Waals surface area contributed by atoms with E-state index in [-0.39, 0.29) is 40.7 Å². The van der Waals surface area contributed by atoms with Crippen LogP contribution in [0.5, 0.6) is 5.75 Å². The molecule has 4 nitrogen and oxygen atoms in total. The minimum Gasteiger partial charge on any atom is -0.870 e. The zero-order valence-electron chi connectivity index (χ0n) is 11.5. The molecule has 20 heavy (non-hydrogen) atoms. The molecule has 0 aromatic heterocycles. The van der Waals surface area contributed by atoms with E-state index in [9.17, 15) is 14.7 Å². The van der Waals surface area contributed by atoms with Crippen LogP contribution in [-0.4, -0.2) is 17.2 Å². The molecule has 1 aromatic rings. The van der Waals surface area contributed by atoms with Crippen LogP contribution in [0.3, 0.4) is 0 Å². The fourth-order valence-corrected chi connectivity index (χ4v) is 2.30. The van der Waals surface area contributed by atoms with Gasteiger partial charge >= 0.3 is 29.6 Å². The number of ether oxygens (including phenoxy) is 1. The molecule has 2 aliphatic rings. The van der Waals surface area contributed by atoms with Crippen LogP contribution in [0.4, 0.5) is 0 Å². The summed E-state index contributed by atoms with van der Waals surface area (Å²) in [7, 11) is 0. The molecule has 3 rings (SSSR count). The van der Waals surface area contributed by atoms with Crippen molar-refractivity contribution in [2.75, 3.05) is 0 Å². The van der Waals surface area contributed by atoms with Crippen molar-refractivity contribution in [3.63, 3.8) is 0 Å². The number of hydrogen-bond donors (Lipinski definition) is 0. The van der Waals surface area contributed by atoms with Crippen molar-refractivity contribution in [3.8, 4) is 5.75 Å². The molecular weight excluding hydrogens is 267 g/mol. The summed E-state index contributed by atoms with van der Waals surface area (Å²) < 4.78 is 5.75. The number of fused-ring (bicyclic) bond motifs is 3. The van der Waals surface area contributed by atoms with Gasteiger partial charge in [0, 0.05) is 16.7 Å². The number of benzene rings is 1. The number of rotatable bonds is 0. The first kappa shape index (κ1) is 15.0. The Kier molecular flexibility index (Phi) is 3.67. The van der Waals surface area contributed by atoms with Crippen LogP contribution >= 0.6 is 0 Å². The monoisotopic (exact) mass is 278 g/mol. The summed E-state index contributed by atoms with van der Waals surface area (Å²) in [5, 5.41) is 11.4. The second kappa shape index (κ2) is 4.88. The second-order valence-electron chi connectivity index (χ2n) is 5.14. The second-order valence-corrected chi connectivity index (χ2v) is 5.14. The predicted molar refractivity (Wildman–Crippen MR) is 66.9 cm³/mol. The van der Waals surface area contributed by atoms with Crippen LogP contribution in [0.2, 0.25) is 0 Å². The SMILES string of the molecule is CC1(C)C=Cc2c(ccc3c2C(=O)C=C([O-])C3=O)O1.[Na+]. The molecule has 0 radical (unpaired) electrons. The van der Waals surface area contributed by atoms with Crippen LogP contribution < -0.4 is 39.4 Å². The summed E-state index contributed by atoms with van der Waals surface area (Å²) in [6.45, 7) is 3.79. The maximum absolute atomic E-state index is 12.0.